The third kappa shape index (κ3) is 3.05. The lowest BCUT2D eigenvalue weighted by molar-refractivity contribution is -0.153. The Bertz CT molecular complexity index is 370. The van der Waals surface area contributed by atoms with Gasteiger partial charge in [-0.3, -0.25) is 14.4 Å². The molecule has 0 bridgehead atoms. The summed E-state index contributed by atoms with van der Waals surface area (Å²) in [6.07, 6.45) is 2.07. The van der Waals surface area contributed by atoms with Crippen molar-refractivity contribution in [1.29, 1.82) is 0 Å². The second kappa shape index (κ2) is 6.54. The number of methoxy groups -OCH3 is 1. The SMILES string of the molecule is CCCC1CN([C@H](CC)C(N)=O)C(=O)[C@H]1C(=O)OC. The molecule has 0 aliphatic carbocycles. The molecular weight excluding hydrogens is 248 g/mol. The van der Waals surface area contributed by atoms with E-state index in [9.17, 15) is 14.4 Å². The monoisotopic (exact) mass is 270 g/mol. The number of nitrogens with two attached hydrogens (primary N) is 1. The highest BCUT2D eigenvalue weighted by Gasteiger charge is 2.47. The highest BCUT2D eigenvalue weighted by molar-refractivity contribution is 6.01. The van der Waals surface area contributed by atoms with E-state index < -0.39 is 23.8 Å². The summed E-state index contributed by atoms with van der Waals surface area (Å²) >= 11 is 0. The van der Waals surface area contributed by atoms with Gasteiger partial charge in [0, 0.05) is 6.54 Å². The van der Waals surface area contributed by atoms with Gasteiger partial charge in [-0.05, 0) is 18.8 Å². The van der Waals surface area contributed by atoms with E-state index in [0.29, 0.717) is 13.0 Å². The zero-order chi connectivity index (χ0) is 14.6. The highest BCUT2D eigenvalue weighted by Crippen LogP contribution is 2.31. The molecule has 2 N–H and O–H groups in total. The van der Waals surface area contributed by atoms with E-state index in [2.05, 4.69) is 0 Å². The Labute approximate surface area is 113 Å². The molecule has 1 fully saturated rings. The summed E-state index contributed by atoms with van der Waals surface area (Å²) in [6, 6.07) is -0.637. The Morgan fingerprint density at radius 3 is 2.53 bits per heavy atom. The van der Waals surface area contributed by atoms with Gasteiger partial charge in [0.1, 0.15) is 12.0 Å². The molecule has 0 spiro atoms. The Morgan fingerprint density at radius 1 is 1.47 bits per heavy atom. The maximum Gasteiger partial charge on any atom is 0.318 e. The minimum absolute atomic E-state index is 0.0988. The van der Waals surface area contributed by atoms with Crippen LogP contribution >= 0.6 is 0 Å². The molecule has 108 valence electrons. The first-order valence-electron chi connectivity index (χ1n) is 6.65. The van der Waals surface area contributed by atoms with Gasteiger partial charge in [0.15, 0.2) is 0 Å². The van der Waals surface area contributed by atoms with E-state index in [1.54, 1.807) is 6.92 Å². The molecule has 1 rings (SSSR count). The number of ether oxygens (including phenoxy) is 1. The topological polar surface area (TPSA) is 89.7 Å². The molecule has 0 aromatic heterocycles. The van der Waals surface area contributed by atoms with Gasteiger partial charge in [0.2, 0.25) is 11.8 Å². The lowest BCUT2D eigenvalue weighted by Gasteiger charge is -2.24. The molecule has 1 saturated heterocycles. The predicted molar refractivity (Wildman–Crippen MR) is 68.9 cm³/mol. The summed E-state index contributed by atoms with van der Waals surface area (Å²) in [5, 5.41) is 0. The van der Waals surface area contributed by atoms with Crippen molar-refractivity contribution in [3.05, 3.63) is 0 Å². The van der Waals surface area contributed by atoms with Gasteiger partial charge < -0.3 is 15.4 Å². The van der Waals surface area contributed by atoms with E-state index in [-0.39, 0.29) is 11.8 Å². The number of likely N-dealkylation sites (tertiary alicyclic amines) is 1. The summed E-state index contributed by atoms with van der Waals surface area (Å²) in [5.41, 5.74) is 5.31. The van der Waals surface area contributed by atoms with Crippen LogP contribution in [0, 0.1) is 11.8 Å². The highest BCUT2D eigenvalue weighted by atomic mass is 16.5. The van der Waals surface area contributed by atoms with Crippen LogP contribution in [0.3, 0.4) is 0 Å². The van der Waals surface area contributed by atoms with E-state index in [4.69, 9.17) is 10.5 Å². The molecule has 0 aromatic rings. The Morgan fingerprint density at radius 2 is 2.11 bits per heavy atom. The van der Waals surface area contributed by atoms with Crippen molar-refractivity contribution in [2.24, 2.45) is 17.6 Å². The summed E-state index contributed by atoms with van der Waals surface area (Å²) in [7, 11) is 1.27. The molecule has 0 aromatic carbocycles. The fraction of sp³-hybridized carbons (Fsp3) is 0.769. The van der Waals surface area contributed by atoms with Crippen molar-refractivity contribution >= 4 is 17.8 Å². The second-order valence-corrected chi connectivity index (χ2v) is 4.87. The lowest BCUT2D eigenvalue weighted by Crippen LogP contribution is -2.46. The van der Waals surface area contributed by atoms with Crippen molar-refractivity contribution in [1.82, 2.24) is 4.90 Å². The van der Waals surface area contributed by atoms with Crippen LogP contribution in [0.4, 0.5) is 0 Å². The van der Waals surface area contributed by atoms with Crippen molar-refractivity contribution in [2.75, 3.05) is 13.7 Å². The van der Waals surface area contributed by atoms with Gasteiger partial charge in [-0.1, -0.05) is 20.3 Å². The maximum atomic E-state index is 12.3. The third-order valence-electron chi connectivity index (χ3n) is 3.66. The molecule has 2 amide bonds. The molecule has 1 heterocycles. The van der Waals surface area contributed by atoms with E-state index in [1.807, 2.05) is 6.92 Å². The first kappa shape index (κ1) is 15.5. The average molecular weight is 270 g/mol. The average Bonchev–Trinajstić information content (AvgIpc) is 2.67. The van der Waals surface area contributed by atoms with Gasteiger partial charge in [-0.2, -0.15) is 0 Å². The molecule has 19 heavy (non-hydrogen) atoms. The molecular formula is C13H22N2O4. The number of hydrogen-bond donors (Lipinski definition) is 1. The van der Waals surface area contributed by atoms with Crippen molar-refractivity contribution in [3.8, 4) is 0 Å². The summed E-state index contributed by atoms with van der Waals surface area (Å²) in [5.74, 6) is -2.28. The number of primary amides is 1. The van der Waals surface area contributed by atoms with Gasteiger partial charge in [-0.15, -0.1) is 0 Å². The minimum atomic E-state index is -0.793. The van der Waals surface area contributed by atoms with E-state index >= 15 is 0 Å². The van der Waals surface area contributed by atoms with Crippen LogP contribution in [0.25, 0.3) is 0 Å². The van der Waals surface area contributed by atoms with Crippen LogP contribution < -0.4 is 5.73 Å². The molecule has 6 heteroatoms. The zero-order valence-electron chi connectivity index (χ0n) is 11.7. The maximum absolute atomic E-state index is 12.3. The fourth-order valence-electron chi connectivity index (χ4n) is 2.73. The number of carbonyl (C=O) groups excluding carboxylic acids is 3. The second-order valence-electron chi connectivity index (χ2n) is 4.87. The third-order valence-corrected chi connectivity index (χ3v) is 3.66. The number of nitrogens with zero attached hydrogens (tertiary/aromatic N) is 1. The van der Waals surface area contributed by atoms with Crippen LogP contribution in [0.2, 0.25) is 0 Å². The smallest absolute Gasteiger partial charge is 0.318 e. The van der Waals surface area contributed by atoms with Gasteiger partial charge in [0.25, 0.3) is 0 Å². The first-order chi connectivity index (χ1) is 8.97. The fourth-order valence-corrected chi connectivity index (χ4v) is 2.73. The Balaban J connectivity index is 2.97. The number of carbonyl (C=O) groups is 3. The molecule has 1 aliphatic heterocycles. The van der Waals surface area contributed by atoms with Crippen LogP contribution in [-0.4, -0.2) is 42.4 Å². The standard InChI is InChI=1S/C13H22N2O4/c1-4-6-8-7-15(9(5-2)11(14)16)12(17)10(8)13(18)19-3/h8-10H,4-7H2,1-3H3,(H2,14,16)/t8?,9-,10+/m1/s1. The van der Waals surface area contributed by atoms with E-state index in [1.165, 1.54) is 12.0 Å². The zero-order valence-corrected chi connectivity index (χ0v) is 11.7. The number of hydrogen-bond acceptors (Lipinski definition) is 4. The van der Waals surface area contributed by atoms with Gasteiger partial charge in [0.05, 0.1) is 7.11 Å². The Kier molecular flexibility index (Phi) is 5.32. The van der Waals surface area contributed by atoms with Crippen molar-refractivity contribution in [3.63, 3.8) is 0 Å². The molecule has 3 atom stereocenters. The van der Waals surface area contributed by atoms with Crippen molar-refractivity contribution in [2.45, 2.75) is 39.2 Å². The normalized spacial score (nSPS) is 24.4. The predicted octanol–water partition coefficient (Wildman–Crippen LogP) is 0.298. The van der Waals surface area contributed by atoms with Crippen LogP contribution in [0.15, 0.2) is 0 Å². The quantitative estimate of drug-likeness (QED) is 0.555. The molecule has 0 saturated carbocycles. The first-order valence-corrected chi connectivity index (χ1v) is 6.65. The lowest BCUT2D eigenvalue weighted by atomic mass is 9.91. The molecule has 6 nitrogen and oxygen atoms in total. The summed E-state index contributed by atoms with van der Waals surface area (Å²) in [6.45, 7) is 4.18. The Hall–Kier alpha value is -1.59. The minimum Gasteiger partial charge on any atom is -0.468 e. The summed E-state index contributed by atoms with van der Waals surface area (Å²) in [4.78, 5) is 36.9. The number of amides is 2. The van der Waals surface area contributed by atoms with Gasteiger partial charge >= 0.3 is 5.97 Å². The van der Waals surface area contributed by atoms with Crippen LogP contribution in [0.5, 0.6) is 0 Å². The van der Waals surface area contributed by atoms with E-state index in [0.717, 1.165) is 12.8 Å². The summed E-state index contributed by atoms with van der Waals surface area (Å²) < 4.78 is 4.70. The van der Waals surface area contributed by atoms with Crippen LogP contribution in [0.1, 0.15) is 33.1 Å². The molecule has 1 unspecified atom stereocenters. The van der Waals surface area contributed by atoms with Crippen molar-refractivity contribution < 1.29 is 19.1 Å². The largest absolute Gasteiger partial charge is 0.468 e. The molecule has 1 aliphatic rings. The van der Waals surface area contributed by atoms with Crippen LogP contribution in [-0.2, 0) is 19.1 Å². The molecule has 0 radical (unpaired) electrons. The number of esters is 1. The van der Waals surface area contributed by atoms with Gasteiger partial charge in [-0.25, -0.2) is 0 Å². The number of rotatable bonds is 6.